The Kier molecular flexibility index (Phi) is 5.01. The van der Waals surface area contributed by atoms with Crippen molar-refractivity contribution < 1.29 is 19.8 Å². The first-order chi connectivity index (χ1) is 11.0. The van der Waals surface area contributed by atoms with Crippen molar-refractivity contribution in [1.29, 1.82) is 0 Å². The summed E-state index contributed by atoms with van der Waals surface area (Å²) in [7, 11) is 0. The molecule has 2 aromatic rings. The molecule has 0 fully saturated rings. The number of hydrogen-bond acceptors (Lipinski definition) is 4. The van der Waals surface area contributed by atoms with Crippen LogP contribution in [0.4, 0.5) is 5.69 Å². The van der Waals surface area contributed by atoms with Crippen LogP contribution in [0.5, 0.6) is 5.75 Å². The summed E-state index contributed by atoms with van der Waals surface area (Å²) in [5, 5.41) is 19.4. The maximum absolute atomic E-state index is 12.9. The van der Waals surface area contributed by atoms with Gasteiger partial charge < -0.3 is 15.1 Å². The Bertz CT molecular complexity index is 736. The average Bonchev–Trinajstić information content (AvgIpc) is 2.55. The number of phenolic OH excluding ortho intramolecular Hbond substituents is 1. The number of anilines is 1. The number of carbonyl (C=O) groups is 2. The van der Waals surface area contributed by atoms with Crippen molar-refractivity contribution in [2.24, 2.45) is 0 Å². The van der Waals surface area contributed by atoms with Gasteiger partial charge in [-0.1, -0.05) is 18.2 Å². The first-order valence-electron chi connectivity index (χ1n) is 7.45. The number of carbonyl (C=O) groups excluding carboxylic acids is 1. The van der Waals surface area contributed by atoms with Crippen molar-refractivity contribution in [3.8, 4) is 5.75 Å². The number of aromatic carboxylic acids is 1. The molecule has 0 saturated heterocycles. The zero-order valence-electron chi connectivity index (χ0n) is 13.1. The smallest absolute Gasteiger partial charge is 0.336 e. The molecular formula is C18H19NO4. The van der Waals surface area contributed by atoms with Gasteiger partial charge in [-0.05, 0) is 38.1 Å². The Labute approximate surface area is 134 Å². The lowest BCUT2D eigenvalue weighted by Crippen LogP contribution is -2.25. The van der Waals surface area contributed by atoms with E-state index in [1.165, 1.54) is 18.2 Å². The molecule has 0 saturated carbocycles. The van der Waals surface area contributed by atoms with Gasteiger partial charge in [0, 0.05) is 18.8 Å². The van der Waals surface area contributed by atoms with E-state index < -0.39 is 11.8 Å². The number of carboxylic acids is 1. The summed E-state index contributed by atoms with van der Waals surface area (Å²) in [6, 6.07) is 10.9. The standard InChI is InChI=1S/C18H19NO4/c1-3-19(4-2)14-10-7-9-13(18(22)23)16(14)17(21)12-8-5-6-11-15(12)20/h5-11,20H,3-4H2,1-2H3,(H,22,23). The summed E-state index contributed by atoms with van der Waals surface area (Å²) in [6.45, 7) is 5.15. The molecule has 0 aromatic heterocycles. The first-order valence-corrected chi connectivity index (χ1v) is 7.45. The minimum absolute atomic E-state index is 0.0670. The third-order valence-corrected chi connectivity index (χ3v) is 3.75. The minimum Gasteiger partial charge on any atom is -0.507 e. The summed E-state index contributed by atoms with van der Waals surface area (Å²) in [5.74, 6) is -1.83. The molecule has 0 aliphatic carbocycles. The molecule has 0 bridgehead atoms. The first kappa shape index (κ1) is 16.5. The fraction of sp³-hybridized carbons (Fsp3) is 0.222. The highest BCUT2D eigenvalue weighted by molar-refractivity contribution is 6.18. The number of para-hydroxylation sites is 1. The maximum atomic E-state index is 12.9. The van der Waals surface area contributed by atoms with Crippen LogP contribution in [0, 0.1) is 0 Å². The number of ketones is 1. The lowest BCUT2D eigenvalue weighted by atomic mass is 9.95. The van der Waals surface area contributed by atoms with Gasteiger partial charge in [0.05, 0.1) is 16.7 Å². The summed E-state index contributed by atoms with van der Waals surface area (Å²) >= 11 is 0. The van der Waals surface area contributed by atoms with E-state index in [2.05, 4.69) is 0 Å². The van der Waals surface area contributed by atoms with Crippen LogP contribution in [0.15, 0.2) is 42.5 Å². The molecule has 0 unspecified atom stereocenters. The minimum atomic E-state index is -1.17. The Morgan fingerprint density at radius 2 is 1.57 bits per heavy atom. The van der Waals surface area contributed by atoms with E-state index in [-0.39, 0.29) is 22.4 Å². The predicted octanol–water partition coefficient (Wildman–Crippen LogP) is 3.17. The molecule has 120 valence electrons. The van der Waals surface area contributed by atoms with Crippen LogP contribution in [0.2, 0.25) is 0 Å². The lowest BCUT2D eigenvalue weighted by molar-refractivity contribution is 0.0692. The highest BCUT2D eigenvalue weighted by atomic mass is 16.4. The van der Waals surface area contributed by atoms with Crippen LogP contribution in [-0.4, -0.2) is 35.1 Å². The zero-order chi connectivity index (χ0) is 17.0. The summed E-state index contributed by atoms with van der Waals surface area (Å²) in [5.41, 5.74) is 0.686. The summed E-state index contributed by atoms with van der Waals surface area (Å²) in [4.78, 5) is 26.4. The van der Waals surface area contributed by atoms with Gasteiger partial charge in [0.25, 0.3) is 0 Å². The highest BCUT2D eigenvalue weighted by Crippen LogP contribution is 2.29. The summed E-state index contributed by atoms with van der Waals surface area (Å²) in [6.07, 6.45) is 0. The van der Waals surface area contributed by atoms with Crippen LogP contribution < -0.4 is 4.90 Å². The van der Waals surface area contributed by atoms with Gasteiger partial charge in [0.2, 0.25) is 0 Å². The van der Waals surface area contributed by atoms with E-state index in [1.807, 2.05) is 18.7 Å². The van der Waals surface area contributed by atoms with Crippen molar-refractivity contribution in [1.82, 2.24) is 0 Å². The molecule has 0 heterocycles. The number of hydrogen-bond donors (Lipinski definition) is 2. The fourth-order valence-electron chi connectivity index (χ4n) is 2.59. The van der Waals surface area contributed by atoms with Crippen LogP contribution in [0.1, 0.15) is 40.1 Å². The van der Waals surface area contributed by atoms with Crippen molar-refractivity contribution in [3.63, 3.8) is 0 Å². The van der Waals surface area contributed by atoms with E-state index in [0.717, 1.165) is 0 Å². The lowest BCUT2D eigenvalue weighted by Gasteiger charge is -2.24. The van der Waals surface area contributed by atoms with Crippen molar-refractivity contribution in [2.75, 3.05) is 18.0 Å². The third-order valence-electron chi connectivity index (χ3n) is 3.75. The molecular weight excluding hydrogens is 294 g/mol. The van der Waals surface area contributed by atoms with E-state index in [9.17, 15) is 19.8 Å². The molecule has 0 atom stereocenters. The molecule has 0 aliphatic heterocycles. The molecule has 23 heavy (non-hydrogen) atoms. The Balaban J connectivity index is 2.70. The van der Waals surface area contributed by atoms with Crippen molar-refractivity contribution in [3.05, 3.63) is 59.2 Å². The molecule has 2 aromatic carbocycles. The van der Waals surface area contributed by atoms with Crippen molar-refractivity contribution in [2.45, 2.75) is 13.8 Å². The molecule has 2 N–H and O–H groups in total. The normalized spacial score (nSPS) is 10.3. The third kappa shape index (κ3) is 3.18. The van der Waals surface area contributed by atoms with Gasteiger partial charge in [0.15, 0.2) is 5.78 Å². The van der Waals surface area contributed by atoms with E-state index >= 15 is 0 Å². The number of benzene rings is 2. The average molecular weight is 313 g/mol. The largest absolute Gasteiger partial charge is 0.507 e. The maximum Gasteiger partial charge on any atom is 0.336 e. The van der Waals surface area contributed by atoms with Gasteiger partial charge in [0.1, 0.15) is 5.75 Å². The van der Waals surface area contributed by atoms with Gasteiger partial charge in [-0.3, -0.25) is 4.79 Å². The zero-order valence-corrected chi connectivity index (χ0v) is 13.1. The summed E-state index contributed by atoms with van der Waals surface area (Å²) < 4.78 is 0. The number of phenols is 1. The van der Waals surface area contributed by atoms with Crippen LogP contribution in [0.25, 0.3) is 0 Å². The molecule has 0 spiro atoms. The van der Waals surface area contributed by atoms with E-state index in [0.29, 0.717) is 18.8 Å². The second-order valence-corrected chi connectivity index (χ2v) is 5.02. The predicted molar refractivity (Wildman–Crippen MR) is 88.5 cm³/mol. The van der Waals surface area contributed by atoms with Gasteiger partial charge >= 0.3 is 5.97 Å². The molecule has 5 heteroatoms. The topological polar surface area (TPSA) is 77.8 Å². The molecule has 0 aliphatic rings. The van der Waals surface area contributed by atoms with Crippen LogP contribution >= 0.6 is 0 Å². The monoisotopic (exact) mass is 313 g/mol. The fourth-order valence-corrected chi connectivity index (χ4v) is 2.59. The second-order valence-electron chi connectivity index (χ2n) is 5.02. The SMILES string of the molecule is CCN(CC)c1cccc(C(=O)O)c1C(=O)c1ccccc1O. The van der Waals surface area contributed by atoms with Crippen LogP contribution in [-0.2, 0) is 0 Å². The highest BCUT2D eigenvalue weighted by Gasteiger charge is 2.25. The van der Waals surface area contributed by atoms with Crippen LogP contribution in [0.3, 0.4) is 0 Å². The second kappa shape index (κ2) is 6.96. The molecule has 2 rings (SSSR count). The Hall–Kier alpha value is -2.82. The number of rotatable bonds is 6. The molecule has 5 nitrogen and oxygen atoms in total. The van der Waals surface area contributed by atoms with Gasteiger partial charge in [-0.25, -0.2) is 4.79 Å². The Morgan fingerprint density at radius 1 is 0.957 bits per heavy atom. The number of carboxylic acid groups (broad SMARTS) is 1. The quantitative estimate of drug-likeness (QED) is 0.801. The molecule has 0 amide bonds. The van der Waals surface area contributed by atoms with Crippen molar-refractivity contribution >= 4 is 17.4 Å². The number of nitrogens with zero attached hydrogens (tertiary/aromatic N) is 1. The number of aromatic hydroxyl groups is 1. The molecule has 0 radical (unpaired) electrons. The van der Waals surface area contributed by atoms with E-state index in [1.54, 1.807) is 24.3 Å². The Morgan fingerprint density at radius 3 is 2.13 bits per heavy atom. The van der Waals surface area contributed by atoms with Gasteiger partial charge in [-0.2, -0.15) is 0 Å². The van der Waals surface area contributed by atoms with E-state index in [4.69, 9.17) is 0 Å². The van der Waals surface area contributed by atoms with Gasteiger partial charge in [-0.15, -0.1) is 0 Å².